The third-order valence-corrected chi connectivity index (χ3v) is 2.78. The maximum absolute atomic E-state index is 13.4. The van der Waals surface area contributed by atoms with Crippen molar-refractivity contribution in [3.05, 3.63) is 29.6 Å². The molecule has 0 atom stereocenters. The highest BCUT2D eigenvalue weighted by Crippen LogP contribution is 2.20. The van der Waals surface area contributed by atoms with E-state index < -0.39 is 17.3 Å². The van der Waals surface area contributed by atoms with Gasteiger partial charge < -0.3 is 21.5 Å². The number of amides is 1. The van der Waals surface area contributed by atoms with Crippen molar-refractivity contribution in [2.75, 3.05) is 25.0 Å². The average molecular weight is 239 g/mol. The van der Waals surface area contributed by atoms with Crippen LogP contribution in [0.2, 0.25) is 0 Å². The zero-order valence-electron chi connectivity index (χ0n) is 9.16. The van der Waals surface area contributed by atoms with E-state index in [1.807, 2.05) is 0 Å². The van der Waals surface area contributed by atoms with E-state index in [-0.39, 0.29) is 12.1 Å². The van der Waals surface area contributed by atoms with E-state index in [1.54, 1.807) is 6.07 Å². The minimum atomic E-state index is -0.846. The molecule has 1 saturated heterocycles. The van der Waals surface area contributed by atoms with E-state index in [4.69, 9.17) is 5.73 Å². The molecule has 0 aliphatic carbocycles. The molecule has 0 bridgehead atoms. The number of aliphatic hydroxyl groups is 1. The van der Waals surface area contributed by atoms with Crippen molar-refractivity contribution in [1.29, 1.82) is 0 Å². The second kappa shape index (κ2) is 4.31. The van der Waals surface area contributed by atoms with Crippen LogP contribution in [-0.2, 0) is 0 Å². The van der Waals surface area contributed by atoms with E-state index >= 15 is 0 Å². The molecule has 1 aliphatic heterocycles. The van der Waals surface area contributed by atoms with Gasteiger partial charge in [0.25, 0.3) is 5.91 Å². The second-order valence-corrected chi connectivity index (χ2v) is 4.21. The molecule has 17 heavy (non-hydrogen) atoms. The molecule has 2 rings (SSSR count). The summed E-state index contributed by atoms with van der Waals surface area (Å²) in [5.41, 5.74) is 4.39. The van der Waals surface area contributed by atoms with Gasteiger partial charge in [-0.25, -0.2) is 4.39 Å². The number of primary amides is 1. The molecule has 92 valence electrons. The number of carbonyl (C=O) groups is 1. The smallest absolute Gasteiger partial charge is 0.253 e. The van der Waals surface area contributed by atoms with Crippen LogP contribution in [0.1, 0.15) is 10.4 Å². The van der Waals surface area contributed by atoms with Crippen LogP contribution in [0, 0.1) is 5.82 Å². The minimum Gasteiger partial charge on any atom is -0.385 e. The Kier molecular flexibility index (Phi) is 2.99. The summed E-state index contributed by atoms with van der Waals surface area (Å²) in [6.07, 6.45) is 0. The number of nitrogens with one attached hydrogen (secondary N) is 2. The summed E-state index contributed by atoms with van der Waals surface area (Å²) >= 11 is 0. The Morgan fingerprint density at radius 1 is 1.59 bits per heavy atom. The number of benzene rings is 1. The predicted molar refractivity (Wildman–Crippen MR) is 61.2 cm³/mol. The maximum Gasteiger partial charge on any atom is 0.253 e. The third kappa shape index (κ3) is 2.37. The zero-order valence-corrected chi connectivity index (χ0v) is 9.16. The van der Waals surface area contributed by atoms with Crippen molar-refractivity contribution in [3.63, 3.8) is 0 Å². The molecule has 0 saturated carbocycles. The number of rotatable bonds is 4. The molecular weight excluding hydrogens is 225 g/mol. The molecule has 5 nitrogen and oxygen atoms in total. The number of nitrogens with two attached hydrogens (primary N) is 1. The molecule has 1 aromatic carbocycles. The standard InChI is InChI=1S/C11H14FN3O2/c12-7-2-1-3-8(9(7)10(13)16)15-6-11(17)4-14-5-11/h1-3,14-15,17H,4-6H2,(H2,13,16). The fourth-order valence-electron chi connectivity index (χ4n) is 1.72. The topological polar surface area (TPSA) is 87.4 Å². The first-order valence-corrected chi connectivity index (χ1v) is 5.27. The van der Waals surface area contributed by atoms with Gasteiger partial charge in [-0.1, -0.05) is 6.07 Å². The van der Waals surface area contributed by atoms with Crippen molar-refractivity contribution in [1.82, 2.24) is 5.32 Å². The fourth-order valence-corrected chi connectivity index (χ4v) is 1.72. The van der Waals surface area contributed by atoms with Crippen LogP contribution in [-0.4, -0.2) is 36.2 Å². The molecule has 1 aromatic rings. The lowest BCUT2D eigenvalue weighted by Gasteiger charge is -2.38. The van der Waals surface area contributed by atoms with Gasteiger partial charge in [-0.05, 0) is 12.1 Å². The first kappa shape index (κ1) is 11.8. The first-order valence-electron chi connectivity index (χ1n) is 5.27. The van der Waals surface area contributed by atoms with E-state index in [9.17, 15) is 14.3 Å². The Labute approximate surface area is 97.8 Å². The van der Waals surface area contributed by atoms with Crippen LogP contribution in [0.15, 0.2) is 18.2 Å². The van der Waals surface area contributed by atoms with Gasteiger partial charge >= 0.3 is 0 Å². The molecule has 0 aromatic heterocycles. The van der Waals surface area contributed by atoms with Crippen molar-refractivity contribution in [3.8, 4) is 0 Å². The highest BCUT2D eigenvalue weighted by molar-refractivity contribution is 5.98. The van der Waals surface area contributed by atoms with Gasteiger partial charge in [-0.15, -0.1) is 0 Å². The number of hydrogen-bond donors (Lipinski definition) is 4. The van der Waals surface area contributed by atoms with Crippen LogP contribution in [0.25, 0.3) is 0 Å². The summed E-state index contributed by atoms with van der Waals surface area (Å²) in [5, 5.41) is 15.6. The van der Waals surface area contributed by atoms with Crippen molar-refractivity contribution in [2.45, 2.75) is 5.60 Å². The van der Waals surface area contributed by atoms with E-state index in [0.717, 1.165) is 0 Å². The lowest BCUT2D eigenvalue weighted by molar-refractivity contribution is 0.00310. The molecule has 0 spiro atoms. The Morgan fingerprint density at radius 3 is 2.82 bits per heavy atom. The minimum absolute atomic E-state index is 0.177. The van der Waals surface area contributed by atoms with Gasteiger partial charge in [-0.2, -0.15) is 0 Å². The lowest BCUT2D eigenvalue weighted by Crippen LogP contribution is -2.63. The largest absolute Gasteiger partial charge is 0.385 e. The Balaban J connectivity index is 2.15. The van der Waals surface area contributed by atoms with Crippen LogP contribution in [0.3, 0.4) is 0 Å². The summed E-state index contributed by atoms with van der Waals surface area (Å²) in [6.45, 7) is 1.19. The SMILES string of the molecule is NC(=O)c1c(F)cccc1NCC1(O)CNC1. The van der Waals surface area contributed by atoms with E-state index in [0.29, 0.717) is 18.8 Å². The number of anilines is 1. The van der Waals surface area contributed by atoms with Crippen LogP contribution >= 0.6 is 0 Å². The normalized spacial score (nSPS) is 17.3. The van der Waals surface area contributed by atoms with Gasteiger partial charge in [0.15, 0.2) is 0 Å². The molecule has 1 aliphatic rings. The average Bonchev–Trinajstić information content (AvgIpc) is 2.23. The van der Waals surface area contributed by atoms with Gasteiger partial charge in [0.2, 0.25) is 0 Å². The number of carbonyl (C=O) groups excluding carboxylic acids is 1. The number of β-amino-alcohol motifs (C(OH)–C–C–N with tert-alkyl or cyclic N) is 1. The molecule has 1 amide bonds. The third-order valence-electron chi connectivity index (χ3n) is 2.78. The number of hydrogen-bond acceptors (Lipinski definition) is 4. The quantitative estimate of drug-likeness (QED) is 0.579. The van der Waals surface area contributed by atoms with Crippen LogP contribution in [0.5, 0.6) is 0 Å². The molecule has 5 N–H and O–H groups in total. The highest BCUT2D eigenvalue weighted by Gasteiger charge is 2.34. The summed E-state index contributed by atoms with van der Waals surface area (Å²) in [4.78, 5) is 11.1. The summed E-state index contributed by atoms with van der Waals surface area (Å²) in [5.74, 6) is -1.49. The van der Waals surface area contributed by atoms with Gasteiger partial charge in [0, 0.05) is 19.6 Å². The van der Waals surface area contributed by atoms with E-state index in [1.165, 1.54) is 12.1 Å². The van der Waals surface area contributed by atoms with Crippen LogP contribution in [0.4, 0.5) is 10.1 Å². The Bertz CT molecular complexity index is 446. The summed E-state index contributed by atoms with van der Waals surface area (Å²) < 4.78 is 13.4. The molecule has 6 heteroatoms. The van der Waals surface area contributed by atoms with Crippen molar-refractivity contribution >= 4 is 11.6 Å². The Hall–Kier alpha value is -1.66. The fraction of sp³-hybridized carbons (Fsp3) is 0.364. The van der Waals surface area contributed by atoms with Gasteiger partial charge in [0.05, 0.1) is 11.3 Å². The monoisotopic (exact) mass is 239 g/mol. The van der Waals surface area contributed by atoms with Crippen molar-refractivity contribution < 1.29 is 14.3 Å². The Morgan fingerprint density at radius 2 is 2.29 bits per heavy atom. The van der Waals surface area contributed by atoms with E-state index in [2.05, 4.69) is 10.6 Å². The molecule has 0 radical (unpaired) electrons. The van der Waals surface area contributed by atoms with Crippen molar-refractivity contribution in [2.24, 2.45) is 5.73 Å². The molecule has 0 unspecified atom stereocenters. The summed E-state index contributed by atoms with van der Waals surface area (Å²) in [7, 11) is 0. The maximum atomic E-state index is 13.4. The van der Waals surface area contributed by atoms with Crippen LogP contribution < -0.4 is 16.4 Å². The molecular formula is C11H14FN3O2. The summed E-state index contributed by atoms with van der Waals surface area (Å²) in [6, 6.07) is 4.21. The second-order valence-electron chi connectivity index (χ2n) is 4.21. The molecule has 1 heterocycles. The highest BCUT2D eigenvalue weighted by atomic mass is 19.1. The zero-order chi connectivity index (χ0) is 12.5. The number of halogens is 1. The predicted octanol–water partition coefficient (Wildman–Crippen LogP) is -0.329. The lowest BCUT2D eigenvalue weighted by atomic mass is 9.97. The first-order chi connectivity index (χ1) is 8.02. The van der Waals surface area contributed by atoms with Gasteiger partial charge in [-0.3, -0.25) is 4.79 Å². The molecule has 1 fully saturated rings. The van der Waals surface area contributed by atoms with Gasteiger partial charge in [0.1, 0.15) is 11.4 Å².